The number of rotatable bonds is 3. The summed E-state index contributed by atoms with van der Waals surface area (Å²) in [7, 11) is 0. The molecular formula is C8H14N2O3. The molecule has 5 heteroatoms. The summed E-state index contributed by atoms with van der Waals surface area (Å²) in [6.07, 6.45) is 0.692. The van der Waals surface area contributed by atoms with E-state index >= 15 is 0 Å². The smallest absolute Gasteiger partial charge is 0.242 e. The Kier molecular flexibility index (Phi) is 3.25. The topological polar surface area (TPSA) is 69.6 Å². The Morgan fingerprint density at radius 3 is 2.92 bits per heavy atom. The summed E-state index contributed by atoms with van der Waals surface area (Å²) in [6.45, 7) is 2.27. The molecule has 0 radical (unpaired) electrons. The van der Waals surface area contributed by atoms with Crippen LogP contribution in [0.3, 0.4) is 0 Å². The molecule has 2 amide bonds. The molecule has 13 heavy (non-hydrogen) atoms. The van der Waals surface area contributed by atoms with Crippen LogP contribution in [0.1, 0.15) is 13.3 Å². The zero-order chi connectivity index (χ0) is 9.84. The Labute approximate surface area is 76.7 Å². The third-order valence-electron chi connectivity index (χ3n) is 2.21. The summed E-state index contributed by atoms with van der Waals surface area (Å²) in [6, 6.07) is 0.0657. The van der Waals surface area contributed by atoms with Crippen molar-refractivity contribution >= 4 is 12.3 Å². The normalized spacial score (nSPS) is 27.4. The lowest BCUT2D eigenvalue weighted by molar-refractivity contribution is -0.132. The van der Waals surface area contributed by atoms with Gasteiger partial charge >= 0.3 is 0 Å². The monoisotopic (exact) mass is 186 g/mol. The molecule has 1 fully saturated rings. The lowest BCUT2D eigenvalue weighted by Gasteiger charge is -2.20. The van der Waals surface area contributed by atoms with Crippen LogP contribution in [0.5, 0.6) is 0 Å². The molecule has 1 aliphatic heterocycles. The third-order valence-corrected chi connectivity index (χ3v) is 2.21. The molecule has 2 atom stereocenters. The highest BCUT2D eigenvalue weighted by atomic mass is 16.3. The second-order valence-electron chi connectivity index (χ2n) is 3.28. The van der Waals surface area contributed by atoms with E-state index in [1.807, 2.05) is 6.92 Å². The highest BCUT2D eigenvalue weighted by Gasteiger charge is 2.30. The Bertz CT molecular complexity index is 208. The SMILES string of the molecule is C[C@@H]1C[C@H](O)CN1C(=O)CNC=O. The van der Waals surface area contributed by atoms with Gasteiger partial charge in [0.15, 0.2) is 0 Å². The zero-order valence-corrected chi connectivity index (χ0v) is 7.56. The van der Waals surface area contributed by atoms with Crippen molar-refractivity contribution in [3.05, 3.63) is 0 Å². The first-order valence-corrected chi connectivity index (χ1v) is 4.29. The van der Waals surface area contributed by atoms with E-state index in [1.165, 1.54) is 0 Å². The van der Waals surface area contributed by atoms with Gasteiger partial charge in [0, 0.05) is 12.6 Å². The Morgan fingerprint density at radius 2 is 2.46 bits per heavy atom. The molecule has 0 aromatic heterocycles. The Balaban J connectivity index is 2.42. The first-order valence-electron chi connectivity index (χ1n) is 4.29. The number of nitrogens with zero attached hydrogens (tertiary/aromatic N) is 1. The summed E-state index contributed by atoms with van der Waals surface area (Å²) in [4.78, 5) is 22.9. The molecular weight excluding hydrogens is 172 g/mol. The van der Waals surface area contributed by atoms with Gasteiger partial charge in [0.05, 0.1) is 12.6 Å². The molecule has 5 nitrogen and oxygen atoms in total. The minimum Gasteiger partial charge on any atom is -0.391 e. The first-order chi connectivity index (χ1) is 6.15. The Hall–Kier alpha value is -1.10. The van der Waals surface area contributed by atoms with Crippen molar-refractivity contribution in [2.75, 3.05) is 13.1 Å². The van der Waals surface area contributed by atoms with Crippen LogP contribution in [-0.2, 0) is 9.59 Å². The predicted octanol–water partition coefficient (Wildman–Crippen LogP) is -1.29. The fourth-order valence-electron chi connectivity index (χ4n) is 1.58. The van der Waals surface area contributed by atoms with E-state index in [0.29, 0.717) is 19.4 Å². The number of carbonyl (C=O) groups excluding carboxylic acids is 2. The fraction of sp³-hybridized carbons (Fsp3) is 0.750. The van der Waals surface area contributed by atoms with E-state index < -0.39 is 6.10 Å². The fourth-order valence-corrected chi connectivity index (χ4v) is 1.58. The summed E-state index contributed by atoms with van der Waals surface area (Å²) in [5.41, 5.74) is 0. The van der Waals surface area contributed by atoms with E-state index in [9.17, 15) is 14.7 Å². The van der Waals surface area contributed by atoms with Crippen molar-refractivity contribution in [3.8, 4) is 0 Å². The summed E-state index contributed by atoms with van der Waals surface area (Å²) in [5.74, 6) is -0.142. The molecule has 0 saturated carbocycles. The maximum Gasteiger partial charge on any atom is 0.242 e. The molecule has 0 aromatic rings. The molecule has 1 rings (SSSR count). The number of aliphatic hydroxyl groups excluding tert-OH is 1. The van der Waals surface area contributed by atoms with Crippen molar-refractivity contribution in [1.29, 1.82) is 0 Å². The van der Waals surface area contributed by atoms with Crippen LogP contribution in [0, 0.1) is 0 Å². The van der Waals surface area contributed by atoms with Gasteiger partial charge in [-0.2, -0.15) is 0 Å². The Morgan fingerprint density at radius 1 is 1.77 bits per heavy atom. The van der Waals surface area contributed by atoms with Gasteiger partial charge in [0.2, 0.25) is 12.3 Å². The molecule has 0 aliphatic carbocycles. The second-order valence-corrected chi connectivity index (χ2v) is 3.28. The molecule has 0 aromatic carbocycles. The van der Waals surface area contributed by atoms with E-state index in [4.69, 9.17) is 0 Å². The van der Waals surface area contributed by atoms with Crippen molar-refractivity contribution < 1.29 is 14.7 Å². The number of β-amino-alcohol motifs (C(OH)–C–C–N with tert-alkyl or cyclic N) is 1. The summed E-state index contributed by atoms with van der Waals surface area (Å²) >= 11 is 0. The van der Waals surface area contributed by atoms with E-state index in [2.05, 4.69) is 5.32 Å². The largest absolute Gasteiger partial charge is 0.391 e. The number of carbonyl (C=O) groups is 2. The molecule has 74 valence electrons. The predicted molar refractivity (Wildman–Crippen MR) is 45.9 cm³/mol. The average molecular weight is 186 g/mol. The maximum absolute atomic E-state index is 11.4. The number of likely N-dealkylation sites (tertiary alicyclic amines) is 1. The number of aliphatic hydroxyl groups is 1. The molecule has 0 unspecified atom stereocenters. The van der Waals surface area contributed by atoms with Gasteiger partial charge in [-0.1, -0.05) is 0 Å². The molecule has 1 aliphatic rings. The maximum atomic E-state index is 11.4. The standard InChI is InChI=1S/C8H14N2O3/c1-6-2-7(12)4-10(6)8(13)3-9-5-11/h5-7,12H,2-4H2,1H3,(H,9,11)/t6-,7+/m1/s1. The lowest BCUT2D eigenvalue weighted by Crippen LogP contribution is -2.40. The lowest BCUT2D eigenvalue weighted by atomic mass is 10.2. The van der Waals surface area contributed by atoms with Crippen LogP contribution in [0.2, 0.25) is 0 Å². The van der Waals surface area contributed by atoms with Crippen molar-refractivity contribution in [2.45, 2.75) is 25.5 Å². The number of hydrogen-bond acceptors (Lipinski definition) is 3. The quantitative estimate of drug-likeness (QED) is 0.539. The minimum absolute atomic E-state index is 0.0144. The zero-order valence-electron chi connectivity index (χ0n) is 7.56. The van der Waals surface area contributed by atoms with Gasteiger partial charge in [0.25, 0.3) is 0 Å². The summed E-state index contributed by atoms with van der Waals surface area (Å²) < 4.78 is 0. The highest BCUT2D eigenvalue weighted by molar-refractivity contribution is 5.80. The van der Waals surface area contributed by atoms with Gasteiger partial charge in [-0.25, -0.2) is 0 Å². The van der Waals surface area contributed by atoms with Gasteiger partial charge in [-0.05, 0) is 13.3 Å². The van der Waals surface area contributed by atoms with Crippen LogP contribution < -0.4 is 5.32 Å². The van der Waals surface area contributed by atoms with Crippen molar-refractivity contribution in [1.82, 2.24) is 10.2 Å². The van der Waals surface area contributed by atoms with Gasteiger partial charge in [0.1, 0.15) is 0 Å². The first kappa shape index (κ1) is 9.98. The van der Waals surface area contributed by atoms with Crippen LogP contribution in [0.25, 0.3) is 0 Å². The molecule has 0 spiro atoms. The molecule has 1 heterocycles. The minimum atomic E-state index is -0.421. The number of hydrogen-bond donors (Lipinski definition) is 2. The average Bonchev–Trinajstić information content (AvgIpc) is 2.41. The van der Waals surface area contributed by atoms with Crippen molar-refractivity contribution in [2.24, 2.45) is 0 Å². The van der Waals surface area contributed by atoms with Crippen LogP contribution in [0.4, 0.5) is 0 Å². The molecule has 0 bridgehead atoms. The van der Waals surface area contributed by atoms with Crippen molar-refractivity contribution in [3.63, 3.8) is 0 Å². The highest BCUT2D eigenvalue weighted by Crippen LogP contribution is 2.16. The number of amides is 2. The van der Waals surface area contributed by atoms with E-state index in [1.54, 1.807) is 4.90 Å². The van der Waals surface area contributed by atoms with Gasteiger partial charge < -0.3 is 15.3 Å². The van der Waals surface area contributed by atoms with Gasteiger partial charge in [-0.15, -0.1) is 0 Å². The van der Waals surface area contributed by atoms with Gasteiger partial charge in [-0.3, -0.25) is 9.59 Å². The summed E-state index contributed by atoms with van der Waals surface area (Å²) in [5, 5.41) is 11.6. The van der Waals surface area contributed by atoms with Crippen LogP contribution >= 0.6 is 0 Å². The van der Waals surface area contributed by atoms with Crippen LogP contribution in [0.15, 0.2) is 0 Å². The number of nitrogens with one attached hydrogen (secondary N) is 1. The van der Waals surface area contributed by atoms with Crippen LogP contribution in [-0.4, -0.2) is 47.6 Å². The second kappa shape index (κ2) is 4.23. The van der Waals surface area contributed by atoms with E-state index in [-0.39, 0.29) is 18.5 Å². The molecule has 1 saturated heterocycles. The van der Waals surface area contributed by atoms with E-state index in [0.717, 1.165) is 0 Å². The third kappa shape index (κ3) is 2.42. The molecule has 2 N–H and O–H groups in total.